The highest BCUT2D eigenvalue weighted by Gasteiger charge is 2.21. The topological polar surface area (TPSA) is 120 Å². The van der Waals surface area contributed by atoms with Crippen LogP contribution in [-0.4, -0.2) is 65.8 Å². The third-order valence-electron chi connectivity index (χ3n) is 4.45. The van der Waals surface area contributed by atoms with E-state index in [0.717, 1.165) is 24.3 Å². The molecule has 0 saturated heterocycles. The summed E-state index contributed by atoms with van der Waals surface area (Å²) in [5.41, 5.74) is 0.521. The normalized spacial score (nSPS) is 10.9. The number of ether oxygens (including phenoxy) is 3. The maximum atomic E-state index is 13.2. The maximum absolute atomic E-state index is 13.2. The first kappa shape index (κ1) is 26.9. The van der Waals surface area contributed by atoms with Gasteiger partial charge in [-0.15, -0.1) is 0 Å². The Morgan fingerprint density at radius 2 is 1.76 bits per heavy atom. The second-order valence-electron chi connectivity index (χ2n) is 6.85. The first-order valence-electron chi connectivity index (χ1n) is 10.2. The van der Waals surface area contributed by atoms with Crippen molar-refractivity contribution in [2.45, 2.75) is 18.4 Å². The van der Waals surface area contributed by atoms with Gasteiger partial charge in [-0.25, -0.2) is 9.18 Å². The van der Waals surface area contributed by atoms with E-state index in [0.29, 0.717) is 5.56 Å². The van der Waals surface area contributed by atoms with Crippen LogP contribution in [0.25, 0.3) is 0 Å². The highest BCUT2D eigenvalue weighted by molar-refractivity contribution is 7.87. The Hall–Kier alpha value is -3.38. The number of carbonyl (C=O) groups is 2. The minimum absolute atomic E-state index is 0.0506. The van der Waals surface area contributed by atoms with E-state index in [4.69, 9.17) is 18.4 Å². The molecule has 0 saturated carbocycles. The van der Waals surface area contributed by atoms with Gasteiger partial charge in [0.25, 0.3) is 0 Å². The largest absolute Gasteiger partial charge is 0.493 e. The van der Waals surface area contributed by atoms with Gasteiger partial charge in [0.15, 0.2) is 11.5 Å². The van der Waals surface area contributed by atoms with Gasteiger partial charge >= 0.3 is 22.1 Å². The lowest BCUT2D eigenvalue weighted by molar-refractivity contribution is -0.141. The van der Waals surface area contributed by atoms with E-state index in [1.165, 1.54) is 31.3 Å². The number of esters is 1. The Morgan fingerprint density at radius 3 is 2.38 bits per heavy atom. The quantitative estimate of drug-likeness (QED) is 0.350. The molecule has 10 nitrogen and oxygen atoms in total. The van der Waals surface area contributed by atoms with E-state index in [2.05, 4.69) is 5.32 Å². The number of amides is 2. The van der Waals surface area contributed by atoms with Gasteiger partial charge in [-0.05, 0) is 48.9 Å². The van der Waals surface area contributed by atoms with E-state index in [-0.39, 0.29) is 49.2 Å². The minimum Gasteiger partial charge on any atom is -0.493 e. The molecule has 1 N–H and O–H groups in total. The van der Waals surface area contributed by atoms with Crippen LogP contribution in [0.5, 0.6) is 11.5 Å². The molecular formula is C22H27FN2O8S. The van der Waals surface area contributed by atoms with Gasteiger partial charge in [0, 0.05) is 20.2 Å². The van der Waals surface area contributed by atoms with Crippen molar-refractivity contribution in [2.24, 2.45) is 0 Å². The Kier molecular flexibility index (Phi) is 10.1. The fourth-order valence-electron chi connectivity index (χ4n) is 2.80. The number of nitrogens with zero attached hydrogens (tertiary/aromatic N) is 1. The van der Waals surface area contributed by atoms with Gasteiger partial charge in [-0.2, -0.15) is 8.42 Å². The van der Waals surface area contributed by atoms with Crippen LogP contribution in [0.3, 0.4) is 0 Å². The highest BCUT2D eigenvalue weighted by atomic mass is 32.2. The molecular weight excluding hydrogens is 471 g/mol. The summed E-state index contributed by atoms with van der Waals surface area (Å²) in [5.74, 6) is -1.13. The molecule has 0 spiro atoms. The summed E-state index contributed by atoms with van der Waals surface area (Å²) in [7, 11) is -1.45. The molecule has 0 aliphatic carbocycles. The van der Waals surface area contributed by atoms with Gasteiger partial charge in [0.2, 0.25) is 0 Å². The van der Waals surface area contributed by atoms with Gasteiger partial charge in [0.1, 0.15) is 17.3 Å². The fourth-order valence-corrected chi connectivity index (χ4v) is 3.73. The molecule has 0 radical (unpaired) electrons. The zero-order valence-electron chi connectivity index (χ0n) is 19.1. The van der Waals surface area contributed by atoms with Crippen LogP contribution >= 0.6 is 0 Å². The van der Waals surface area contributed by atoms with Crippen LogP contribution in [0.4, 0.5) is 9.18 Å². The lowest BCUT2D eigenvalue weighted by atomic mass is 10.2. The third-order valence-corrected chi connectivity index (χ3v) is 5.69. The molecule has 0 aromatic heterocycles. The fraction of sp³-hybridized carbons (Fsp3) is 0.364. The first-order valence-corrected chi connectivity index (χ1v) is 11.6. The number of hydrogen-bond acceptors (Lipinski definition) is 8. The van der Waals surface area contributed by atoms with Crippen molar-refractivity contribution in [1.82, 2.24) is 10.2 Å². The van der Waals surface area contributed by atoms with E-state index in [9.17, 15) is 22.4 Å². The van der Waals surface area contributed by atoms with E-state index < -0.39 is 27.9 Å². The van der Waals surface area contributed by atoms with Gasteiger partial charge in [-0.1, -0.05) is 6.07 Å². The number of urea groups is 1. The molecule has 0 aliphatic rings. The Labute approximate surface area is 197 Å². The molecule has 0 aliphatic heterocycles. The average molecular weight is 499 g/mol. The number of benzene rings is 2. The second kappa shape index (κ2) is 12.8. The highest BCUT2D eigenvalue weighted by Crippen LogP contribution is 2.31. The predicted molar refractivity (Wildman–Crippen MR) is 120 cm³/mol. The molecule has 12 heteroatoms. The summed E-state index contributed by atoms with van der Waals surface area (Å²) in [6.45, 7) is 2.02. The Morgan fingerprint density at radius 1 is 1.06 bits per heavy atom. The zero-order valence-corrected chi connectivity index (χ0v) is 19.9. The third kappa shape index (κ3) is 7.89. The summed E-state index contributed by atoms with van der Waals surface area (Å²) >= 11 is 0. The van der Waals surface area contributed by atoms with E-state index in [1.807, 2.05) is 0 Å². The number of rotatable bonds is 12. The standard InChI is InChI=1S/C22H27FN2O8S/c1-4-32-21(26)14-24-22(27)25(11-12-30-2)15-16-5-10-19(31-3)20(13-16)33-34(28,29)18-8-6-17(23)7-9-18/h5-10,13H,4,11-12,14-15H2,1-3H3,(H,24,27). The molecule has 0 bridgehead atoms. The lowest BCUT2D eigenvalue weighted by Crippen LogP contribution is -2.43. The maximum Gasteiger partial charge on any atom is 0.339 e. The molecule has 2 rings (SSSR count). The average Bonchev–Trinajstić information content (AvgIpc) is 2.80. The predicted octanol–water partition coefficient (Wildman–Crippen LogP) is 2.32. The SMILES string of the molecule is CCOC(=O)CNC(=O)N(CCOC)Cc1ccc(OC)c(OS(=O)(=O)c2ccc(F)cc2)c1. The van der Waals surface area contributed by atoms with Crippen molar-refractivity contribution in [1.29, 1.82) is 0 Å². The number of carbonyl (C=O) groups excluding carboxylic acids is 2. The van der Waals surface area contributed by atoms with Crippen LogP contribution < -0.4 is 14.2 Å². The molecule has 186 valence electrons. The molecule has 2 aromatic carbocycles. The Balaban J connectivity index is 2.22. The minimum atomic E-state index is -4.27. The van der Waals surface area contributed by atoms with Crippen molar-refractivity contribution in [3.63, 3.8) is 0 Å². The van der Waals surface area contributed by atoms with Crippen molar-refractivity contribution in [2.75, 3.05) is 40.5 Å². The van der Waals surface area contributed by atoms with Crippen LogP contribution in [-0.2, 0) is 30.9 Å². The monoisotopic (exact) mass is 498 g/mol. The van der Waals surface area contributed by atoms with Gasteiger partial charge in [0.05, 0.1) is 20.3 Å². The van der Waals surface area contributed by atoms with Crippen LogP contribution in [0.15, 0.2) is 47.4 Å². The van der Waals surface area contributed by atoms with Crippen LogP contribution in [0.2, 0.25) is 0 Å². The Bertz CT molecular complexity index is 1080. The summed E-state index contributed by atoms with van der Waals surface area (Å²) in [6, 6.07) is 8.19. The summed E-state index contributed by atoms with van der Waals surface area (Å²) in [5, 5.41) is 2.47. The summed E-state index contributed by atoms with van der Waals surface area (Å²) in [6.07, 6.45) is 0. The summed E-state index contributed by atoms with van der Waals surface area (Å²) in [4.78, 5) is 25.3. The number of methoxy groups -OCH3 is 2. The van der Waals surface area contributed by atoms with Crippen LogP contribution in [0.1, 0.15) is 12.5 Å². The summed E-state index contributed by atoms with van der Waals surface area (Å²) < 4.78 is 58.7. The molecule has 2 amide bonds. The van der Waals surface area contributed by atoms with Crippen LogP contribution in [0, 0.1) is 5.82 Å². The van der Waals surface area contributed by atoms with Gasteiger partial charge in [-0.3, -0.25) is 4.79 Å². The molecule has 0 atom stereocenters. The van der Waals surface area contributed by atoms with Crippen molar-refractivity contribution >= 4 is 22.1 Å². The molecule has 0 fully saturated rings. The van der Waals surface area contributed by atoms with Gasteiger partial charge < -0.3 is 28.6 Å². The number of nitrogens with one attached hydrogen (secondary N) is 1. The second-order valence-corrected chi connectivity index (χ2v) is 8.40. The van der Waals surface area contributed by atoms with E-state index >= 15 is 0 Å². The van der Waals surface area contributed by atoms with Crippen molar-refractivity contribution in [3.8, 4) is 11.5 Å². The zero-order chi connectivity index (χ0) is 25.1. The lowest BCUT2D eigenvalue weighted by Gasteiger charge is -2.23. The smallest absolute Gasteiger partial charge is 0.339 e. The molecule has 0 heterocycles. The number of halogens is 1. The van der Waals surface area contributed by atoms with E-state index in [1.54, 1.807) is 13.0 Å². The first-order chi connectivity index (χ1) is 16.2. The van der Waals surface area contributed by atoms with Crippen molar-refractivity contribution in [3.05, 3.63) is 53.8 Å². The van der Waals surface area contributed by atoms with Crippen molar-refractivity contribution < 1.29 is 40.8 Å². The number of hydrogen-bond donors (Lipinski definition) is 1. The molecule has 34 heavy (non-hydrogen) atoms. The molecule has 2 aromatic rings. The molecule has 0 unspecified atom stereocenters.